The van der Waals surface area contributed by atoms with Crippen LogP contribution in [0.4, 0.5) is 0 Å². The van der Waals surface area contributed by atoms with E-state index in [2.05, 4.69) is 12.2 Å². The van der Waals surface area contributed by atoms with E-state index in [9.17, 15) is 9.59 Å². The predicted molar refractivity (Wildman–Crippen MR) is 131 cm³/mol. The third kappa shape index (κ3) is 4.66. The Bertz CT molecular complexity index is 1160. The van der Waals surface area contributed by atoms with Gasteiger partial charge in [0, 0.05) is 16.4 Å². The lowest BCUT2D eigenvalue weighted by molar-refractivity contribution is -0.118. The summed E-state index contributed by atoms with van der Waals surface area (Å²) in [6.45, 7) is 4.05. The first kappa shape index (κ1) is 22.1. The van der Waals surface area contributed by atoms with E-state index >= 15 is 0 Å². The Hall–Kier alpha value is -1.68. The Balaban J connectivity index is 1.41. The fourth-order valence-electron chi connectivity index (χ4n) is 4.45. The lowest BCUT2D eigenvalue weighted by atomic mass is 9.89. The second-order valence-electron chi connectivity index (χ2n) is 8.62. The number of thiophene rings is 2. The molecule has 9 heteroatoms. The number of rotatable bonds is 7. The monoisotopic (exact) mass is 489 g/mol. The van der Waals surface area contributed by atoms with Crippen molar-refractivity contribution in [1.29, 1.82) is 0 Å². The number of ether oxygens (including phenoxy) is 1. The second kappa shape index (κ2) is 9.67. The fraction of sp³-hybridized carbons (Fsp3) is 0.522. The number of aromatic nitrogens is 2. The van der Waals surface area contributed by atoms with Crippen LogP contribution in [0.5, 0.6) is 0 Å². The van der Waals surface area contributed by atoms with Gasteiger partial charge < -0.3 is 10.1 Å². The van der Waals surface area contributed by atoms with Crippen LogP contribution >= 0.6 is 34.4 Å². The molecular formula is C23H27N3O3S3. The van der Waals surface area contributed by atoms with E-state index < -0.39 is 0 Å². The molecule has 3 aromatic heterocycles. The fourth-order valence-corrected chi connectivity index (χ4v) is 7.35. The lowest BCUT2D eigenvalue weighted by Gasteiger charge is -2.18. The van der Waals surface area contributed by atoms with Gasteiger partial charge in [0.15, 0.2) is 5.16 Å². The number of nitrogens with one attached hydrogen (secondary N) is 1. The Morgan fingerprint density at radius 3 is 3.09 bits per heavy atom. The third-order valence-corrected chi connectivity index (χ3v) is 9.16. The van der Waals surface area contributed by atoms with Gasteiger partial charge in [-0.15, -0.1) is 22.7 Å². The molecule has 3 aromatic rings. The van der Waals surface area contributed by atoms with E-state index in [0.717, 1.165) is 53.8 Å². The lowest BCUT2D eigenvalue weighted by Crippen LogP contribution is -2.30. The van der Waals surface area contributed by atoms with Gasteiger partial charge in [-0.2, -0.15) is 0 Å². The van der Waals surface area contributed by atoms with Crippen molar-refractivity contribution in [2.45, 2.75) is 63.4 Å². The minimum atomic E-state index is -0.0549. The van der Waals surface area contributed by atoms with Gasteiger partial charge in [-0.1, -0.05) is 24.8 Å². The van der Waals surface area contributed by atoms with Crippen molar-refractivity contribution < 1.29 is 9.53 Å². The highest BCUT2D eigenvalue weighted by Gasteiger charge is 2.26. The zero-order chi connectivity index (χ0) is 22.1. The summed E-state index contributed by atoms with van der Waals surface area (Å²) in [4.78, 5) is 34.2. The maximum atomic E-state index is 13.6. The standard InChI is InChI=1S/C23H27N3O3S3/c1-14-6-7-17-18(10-14)32-21-20(17)22(28)26(12-15-4-2-8-29-15)23(25-21)31-13-19(27)24-11-16-5-3-9-30-16/h3,5,9,14-15H,2,4,6-8,10-13H2,1H3,(H,24,27). The maximum Gasteiger partial charge on any atom is 0.263 e. The molecule has 1 fully saturated rings. The Morgan fingerprint density at radius 1 is 1.41 bits per heavy atom. The van der Waals surface area contributed by atoms with Gasteiger partial charge in [-0.05, 0) is 55.0 Å². The summed E-state index contributed by atoms with van der Waals surface area (Å²) in [6.07, 6.45) is 5.10. The number of fused-ring (bicyclic) bond motifs is 3. The van der Waals surface area contributed by atoms with E-state index in [1.807, 2.05) is 17.5 Å². The molecule has 0 saturated carbocycles. The largest absolute Gasteiger partial charge is 0.376 e. The van der Waals surface area contributed by atoms with Crippen molar-refractivity contribution in [2.24, 2.45) is 5.92 Å². The second-order valence-corrected chi connectivity index (χ2v) is 11.7. The van der Waals surface area contributed by atoms with Gasteiger partial charge >= 0.3 is 0 Å². The average molecular weight is 490 g/mol. The molecule has 2 atom stereocenters. The van der Waals surface area contributed by atoms with Crippen LogP contribution in [0.3, 0.4) is 0 Å². The first-order valence-electron chi connectivity index (χ1n) is 11.2. The van der Waals surface area contributed by atoms with E-state index in [1.165, 1.54) is 22.2 Å². The number of carbonyl (C=O) groups excluding carboxylic acids is 1. The van der Waals surface area contributed by atoms with Crippen molar-refractivity contribution in [2.75, 3.05) is 12.4 Å². The van der Waals surface area contributed by atoms with Gasteiger partial charge in [0.05, 0.1) is 30.3 Å². The van der Waals surface area contributed by atoms with E-state index in [-0.39, 0.29) is 23.3 Å². The van der Waals surface area contributed by atoms with Gasteiger partial charge in [0.25, 0.3) is 5.56 Å². The van der Waals surface area contributed by atoms with Crippen LogP contribution in [0.15, 0.2) is 27.5 Å². The summed E-state index contributed by atoms with van der Waals surface area (Å²) in [5, 5.41) is 6.37. The van der Waals surface area contributed by atoms with E-state index in [1.54, 1.807) is 27.2 Å². The zero-order valence-corrected chi connectivity index (χ0v) is 20.5. The topological polar surface area (TPSA) is 73.2 Å². The molecule has 2 aliphatic rings. The summed E-state index contributed by atoms with van der Waals surface area (Å²) in [6, 6.07) is 3.98. The van der Waals surface area contributed by atoms with Crippen molar-refractivity contribution in [3.05, 3.63) is 43.2 Å². The van der Waals surface area contributed by atoms with Crippen LogP contribution < -0.4 is 10.9 Å². The van der Waals surface area contributed by atoms with Crippen LogP contribution in [0, 0.1) is 5.92 Å². The van der Waals surface area contributed by atoms with Crippen LogP contribution in [-0.4, -0.2) is 33.9 Å². The molecule has 2 unspecified atom stereocenters. The highest BCUT2D eigenvalue weighted by atomic mass is 32.2. The van der Waals surface area contributed by atoms with Crippen LogP contribution in [0.2, 0.25) is 0 Å². The maximum absolute atomic E-state index is 13.6. The summed E-state index contributed by atoms with van der Waals surface area (Å²) in [7, 11) is 0. The quantitative estimate of drug-likeness (QED) is 0.397. The van der Waals surface area contributed by atoms with Gasteiger partial charge in [-0.25, -0.2) is 4.98 Å². The highest BCUT2D eigenvalue weighted by Crippen LogP contribution is 2.36. The molecule has 170 valence electrons. The number of carbonyl (C=O) groups is 1. The zero-order valence-electron chi connectivity index (χ0n) is 18.1. The number of amides is 1. The van der Waals surface area contributed by atoms with Crippen LogP contribution in [0.1, 0.15) is 41.5 Å². The Morgan fingerprint density at radius 2 is 2.31 bits per heavy atom. The molecule has 32 heavy (non-hydrogen) atoms. The molecule has 1 aliphatic carbocycles. The van der Waals surface area contributed by atoms with Gasteiger partial charge in [-0.3, -0.25) is 14.2 Å². The Labute approximate surface area is 199 Å². The molecule has 0 radical (unpaired) electrons. The molecule has 4 heterocycles. The molecule has 0 aromatic carbocycles. The van der Waals surface area contributed by atoms with E-state index in [0.29, 0.717) is 24.2 Å². The molecule has 0 spiro atoms. The van der Waals surface area contributed by atoms with Crippen LogP contribution in [-0.2, 0) is 35.5 Å². The first-order chi connectivity index (χ1) is 15.6. The first-order valence-corrected chi connectivity index (χ1v) is 13.8. The highest BCUT2D eigenvalue weighted by molar-refractivity contribution is 7.99. The molecule has 5 rings (SSSR count). The number of aryl methyl sites for hydroxylation is 1. The SMILES string of the molecule is CC1CCc2c(sc3nc(SCC(=O)NCc4cccs4)n(CC4CCCO4)c(=O)c23)C1. The summed E-state index contributed by atoms with van der Waals surface area (Å²) in [5.74, 6) is 0.822. The molecule has 6 nitrogen and oxygen atoms in total. The molecule has 1 aliphatic heterocycles. The van der Waals surface area contributed by atoms with Crippen molar-refractivity contribution in [3.63, 3.8) is 0 Å². The number of hydrogen-bond acceptors (Lipinski definition) is 7. The third-order valence-electron chi connectivity index (χ3n) is 6.16. The summed E-state index contributed by atoms with van der Waals surface area (Å²) < 4.78 is 7.58. The number of hydrogen-bond donors (Lipinski definition) is 1. The molecule has 0 bridgehead atoms. The van der Waals surface area contributed by atoms with Crippen LogP contribution in [0.25, 0.3) is 10.2 Å². The van der Waals surface area contributed by atoms with Gasteiger partial charge in [0.2, 0.25) is 5.91 Å². The summed E-state index contributed by atoms with van der Waals surface area (Å²) >= 11 is 4.63. The molecule has 1 amide bonds. The number of nitrogens with zero attached hydrogens (tertiary/aromatic N) is 2. The van der Waals surface area contributed by atoms with Crippen molar-refractivity contribution >= 4 is 50.6 Å². The minimum Gasteiger partial charge on any atom is -0.376 e. The average Bonchev–Trinajstić information content (AvgIpc) is 3.53. The molecular weight excluding hydrogens is 462 g/mol. The smallest absolute Gasteiger partial charge is 0.263 e. The normalized spacial score (nSPS) is 20.5. The van der Waals surface area contributed by atoms with Gasteiger partial charge in [0.1, 0.15) is 4.83 Å². The Kier molecular flexibility index (Phi) is 6.69. The van der Waals surface area contributed by atoms with Crippen molar-refractivity contribution in [3.8, 4) is 0 Å². The minimum absolute atomic E-state index is 0.0269. The summed E-state index contributed by atoms with van der Waals surface area (Å²) in [5.41, 5.74) is 1.23. The predicted octanol–water partition coefficient (Wildman–Crippen LogP) is 4.23. The van der Waals surface area contributed by atoms with Crippen molar-refractivity contribution in [1.82, 2.24) is 14.9 Å². The van der Waals surface area contributed by atoms with E-state index in [4.69, 9.17) is 9.72 Å². The molecule has 1 saturated heterocycles. The number of thioether (sulfide) groups is 1. The molecule has 1 N–H and O–H groups in total.